The molecule has 2 aromatic heterocycles. The third kappa shape index (κ3) is 1.78. The second-order valence-electron chi connectivity index (χ2n) is 6.52. The third-order valence-electron chi connectivity index (χ3n) is 4.98. The van der Waals surface area contributed by atoms with Gasteiger partial charge in [-0.05, 0) is 42.3 Å². The molecule has 0 amide bonds. The number of aryl methyl sites for hydroxylation is 2. The molecule has 1 aliphatic rings. The molecule has 0 radical (unpaired) electrons. The van der Waals surface area contributed by atoms with Gasteiger partial charge in [0, 0.05) is 18.6 Å². The van der Waals surface area contributed by atoms with Crippen LogP contribution in [0, 0.1) is 6.92 Å². The fraction of sp³-hybridized carbons (Fsp3) is 0.143. The largest absolute Gasteiger partial charge is 0.296 e. The van der Waals surface area contributed by atoms with Crippen LogP contribution in [0.5, 0.6) is 0 Å². The number of hydrogen-bond donors (Lipinski definition) is 0. The molecule has 0 fully saturated rings. The Hall–Kier alpha value is -2.94. The summed E-state index contributed by atoms with van der Waals surface area (Å²) >= 11 is 0. The standard InChI is InChI=1S/C21H18N3/c1-14-11-17-20(13-16(14)19-9-5-6-10-23(19)2)24-18-8-4-3-7-15(18)12-21(24)22-17/h3-11,13H,12H2,1-2H3/q+1. The first-order chi connectivity index (χ1) is 11.7. The summed E-state index contributed by atoms with van der Waals surface area (Å²) in [6, 6.07) is 19.4. The maximum Gasteiger partial charge on any atom is 0.212 e. The highest BCUT2D eigenvalue weighted by atomic mass is 15.1. The van der Waals surface area contributed by atoms with E-state index in [1.165, 1.54) is 33.6 Å². The van der Waals surface area contributed by atoms with Crippen LogP contribution in [0.3, 0.4) is 0 Å². The van der Waals surface area contributed by atoms with Crippen LogP contribution in [0.1, 0.15) is 17.0 Å². The second kappa shape index (κ2) is 4.78. The van der Waals surface area contributed by atoms with Crippen molar-refractivity contribution >= 4 is 11.0 Å². The van der Waals surface area contributed by atoms with Crippen LogP contribution >= 0.6 is 0 Å². The number of pyridine rings is 1. The van der Waals surface area contributed by atoms with Gasteiger partial charge in [0.15, 0.2) is 6.20 Å². The van der Waals surface area contributed by atoms with Crippen LogP contribution in [0.25, 0.3) is 28.0 Å². The minimum Gasteiger partial charge on any atom is -0.296 e. The molecule has 3 heteroatoms. The number of benzene rings is 2. The molecule has 116 valence electrons. The lowest BCUT2D eigenvalue weighted by Crippen LogP contribution is -2.30. The molecule has 0 bridgehead atoms. The molecule has 0 spiro atoms. The van der Waals surface area contributed by atoms with E-state index in [1.807, 2.05) is 0 Å². The molecular formula is C21H18N3+. The van der Waals surface area contributed by atoms with Crippen molar-refractivity contribution in [2.75, 3.05) is 0 Å². The number of imidazole rings is 1. The molecule has 2 aromatic carbocycles. The zero-order chi connectivity index (χ0) is 16.3. The maximum atomic E-state index is 4.88. The summed E-state index contributed by atoms with van der Waals surface area (Å²) < 4.78 is 4.49. The van der Waals surface area contributed by atoms with E-state index >= 15 is 0 Å². The van der Waals surface area contributed by atoms with Crippen molar-refractivity contribution in [3.05, 3.63) is 77.7 Å². The molecule has 0 unspecified atom stereocenters. The first-order valence-corrected chi connectivity index (χ1v) is 8.27. The second-order valence-corrected chi connectivity index (χ2v) is 6.52. The van der Waals surface area contributed by atoms with Gasteiger partial charge in [-0.1, -0.05) is 18.2 Å². The minimum atomic E-state index is 0.915. The number of aromatic nitrogens is 3. The summed E-state index contributed by atoms with van der Waals surface area (Å²) in [7, 11) is 2.09. The molecular weight excluding hydrogens is 294 g/mol. The van der Waals surface area contributed by atoms with Crippen molar-refractivity contribution in [2.24, 2.45) is 7.05 Å². The van der Waals surface area contributed by atoms with E-state index in [2.05, 4.69) is 83.9 Å². The highest BCUT2D eigenvalue weighted by Crippen LogP contribution is 2.34. The van der Waals surface area contributed by atoms with Gasteiger partial charge in [-0.25, -0.2) is 9.55 Å². The summed E-state index contributed by atoms with van der Waals surface area (Å²) in [5.41, 5.74) is 8.64. The van der Waals surface area contributed by atoms with E-state index in [1.54, 1.807) is 0 Å². The van der Waals surface area contributed by atoms with E-state index in [-0.39, 0.29) is 0 Å². The Morgan fingerprint density at radius 3 is 2.75 bits per heavy atom. The van der Waals surface area contributed by atoms with Crippen molar-refractivity contribution < 1.29 is 4.57 Å². The lowest BCUT2D eigenvalue weighted by molar-refractivity contribution is -0.660. The van der Waals surface area contributed by atoms with Gasteiger partial charge >= 0.3 is 0 Å². The first kappa shape index (κ1) is 13.5. The van der Waals surface area contributed by atoms with Crippen LogP contribution in [0.4, 0.5) is 0 Å². The average Bonchev–Trinajstić information content (AvgIpc) is 3.10. The lowest BCUT2D eigenvalue weighted by atomic mass is 10.0. The average molecular weight is 312 g/mol. The molecule has 0 atom stereocenters. The van der Waals surface area contributed by atoms with Crippen LogP contribution in [0.15, 0.2) is 60.8 Å². The molecule has 3 heterocycles. The Morgan fingerprint density at radius 2 is 1.88 bits per heavy atom. The maximum absolute atomic E-state index is 4.88. The number of nitrogens with zero attached hydrogens (tertiary/aromatic N) is 3. The lowest BCUT2D eigenvalue weighted by Gasteiger charge is -2.07. The Kier molecular flexibility index (Phi) is 2.69. The predicted octanol–water partition coefficient (Wildman–Crippen LogP) is 3.73. The van der Waals surface area contributed by atoms with E-state index in [0.717, 1.165) is 17.8 Å². The van der Waals surface area contributed by atoms with Crippen molar-refractivity contribution in [1.29, 1.82) is 0 Å². The molecule has 1 aliphatic heterocycles. The zero-order valence-corrected chi connectivity index (χ0v) is 13.8. The van der Waals surface area contributed by atoms with Gasteiger partial charge in [-0.3, -0.25) is 4.57 Å². The molecule has 3 nitrogen and oxygen atoms in total. The molecule has 24 heavy (non-hydrogen) atoms. The Labute approximate surface area is 140 Å². The zero-order valence-electron chi connectivity index (χ0n) is 13.8. The van der Waals surface area contributed by atoms with E-state index < -0.39 is 0 Å². The Balaban J connectivity index is 1.82. The number of rotatable bonds is 1. The Morgan fingerprint density at radius 1 is 1.04 bits per heavy atom. The monoisotopic (exact) mass is 312 g/mol. The highest BCUT2D eigenvalue weighted by molar-refractivity contribution is 5.86. The van der Waals surface area contributed by atoms with Crippen LogP contribution in [-0.4, -0.2) is 9.55 Å². The summed E-state index contributed by atoms with van der Waals surface area (Å²) in [6.07, 6.45) is 3.01. The molecule has 0 N–H and O–H groups in total. The molecule has 0 saturated carbocycles. The van der Waals surface area contributed by atoms with Gasteiger partial charge in [0.05, 0.1) is 22.3 Å². The number of para-hydroxylation sites is 1. The quantitative estimate of drug-likeness (QED) is 0.432. The number of fused-ring (bicyclic) bond motifs is 5. The van der Waals surface area contributed by atoms with Crippen LogP contribution in [0.2, 0.25) is 0 Å². The van der Waals surface area contributed by atoms with Gasteiger partial charge in [0.2, 0.25) is 5.69 Å². The van der Waals surface area contributed by atoms with Crippen LogP contribution < -0.4 is 4.57 Å². The molecule has 0 aliphatic carbocycles. The third-order valence-corrected chi connectivity index (χ3v) is 4.98. The molecule has 0 saturated heterocycles. The summed E-state index contributed by atoms with van der Waals surface area (Å²) in [5, 5.41) is 0. The van der Waals surface area contributed by atoms with Crippen molar-refractivity contribution in [1.82, 2.24) is 9.55 Å². The van der Waals surface area contributed by atoms with E-state index in [0.29, 0.717) is 0 Å². The van der Waals surface area contributed by atoms with Gasteiger partial charge in [0.1, 0.15) is 12.9 Å². The van der Waals surface area contributed by atoms with Crippen molar-refractivity contribution in [3.8, 4) is 16.9 Å². The fourth-order valence-electron chi connectivity index (χ4n) is 3.79. The van der Waals surface area contributed by atoms with Gasteiger partial charge in [-0.15, -0.1) is 0 Å². The highest BCUT2D eigenvalue weighted by Gasteiger charge is 2.23. The van der Waals surface area contributed by atoms with E-state index in [4.69, 9.17) is 4.98 Å². The summed E-state index contributed by atoms with van der Waals surface area (Å²) in [6.45, 7) is 2.17. The predicted molar refractivity (Wildman–Crippen MR) is 95.2 cm³/mol. The SMILES string of the molecule is Cc1cc2nc3n(c2cc1-c1cccc[n+]1C)-c1ccccc1C3. The van der Waals surface area contributed by atoms with Gasteiger partial charge in [0.25, 0.3) is 0 Å². The summed E-state index contributed by atoms with van der Waals surface area (Å²) in [5.74, 6) is 1.14. The van der Waals surface area contributed by atoms with Gasteiger partial charge < -0.3 is 0 Å². The number of hydrogen-bond acceptors (Lipinski definition) is 1. The summed E-state index contributed by atoms with van der Waals surface area (Å²) in [4.78, 5) is 4.88. The first-order valence-electron chi connectivity index (χ1n) is 8.27. The van der Waals surface area contributed by atoms with Crippen molar-refractivity contribution in [3.63, 3.8) is 0 Å². The minimum absolute atomic E-state index is 0.915. The van der Waals surface area contributed by atoms with Crippen LogP contribution in [-0.2, 0) is 13.5 Å². The van der Waals surface area contributed by atoms with E-state index in [9.17, 15) is 0 Å². The topological polar surface area (TPSA) is 21.7 Å². The van der Waals surface area contributed by atoms with Gasteiger partial charge in [-0.2, -0.15) is 0 Å². The molecule has 5 rings (SSSR count). The Bertz CT molecular complexity index is 1110. The van der Waals surface area contributed by atoms with Crippen molar-refractivity contribution in [2.45, 2.75) is 13.3 Å². The smallest absolute Gasteiger partial charge is 0.212 e. The normalized spacial score (nSPS) is 12.4. The fourth-order valence-corrected chi connectivity index (χ4v) is 3.79. The molecule has 4 aromatic rings.